The maximum atomic E-state index is 12.5. The fourth-order valence-corrected chi connectivity index (χ4v) is 3.38. The summed E-state index contributed by atoms with van der Waals surface area (Å²) in [4.78, 5) is 15.7. The van der Waals surface area contributed by atoms with Crippen molar-refractivity contribution in [3.8, 4) is 0 Å². The zero-order valence-corrected chi connectivity index (χ0v) is 14.5. The monoisotopic (exact) mass is 340 g/mol. The van der Waals surface area contributed by atoms with Gasteiger partial charge < -0.3 is 14.6 Å². The molecule has 0 aliphatic carbocycles. The average molecular weight is 340 g/mol. The summed E-state index contributed by atoms with van der Waals surface area (Å²) >= 11 is 1.67. The first-order valence-corrected chi connectivity index (χ1v) is 8.65. The van der Waals surface area contributed by atoms with E-state index in [4.69, 9.17) is 4.42 Å². The van der Waals surface area contributed by atoms with Gasteiger partial charge in [-0.25, -0.2) is 0 Å². The molecule has 3 rings (SSSR count). The summed E-state index contributed by atoms with van der Waals surface area (Å²) in [7, 11) is 3.92. The van der Waals surface area contributed by atoms with Crippen molar-refractivity contribution in [1.82, 2.24) is 5.32 Å². The van der Waals surface area contributed by atoms with Crippen LogP contribution >= 0.6 is 11.3 Å². The van der Waals surface area contributed by atoms with Gasteiger partial charge in [-0.15, -0.1) is 11.3 Å². The third-order valence-corrected chi connectivity index (χ3v) is 4.85. The first kappa shape index (κ1) is 16.3. The standard InChI is InChI=1S/C19H20N2O2S/c1-21(2)15-7-3-6-14(12-15)19(22)20-13-16(17-8-4-10-23-17)18-9-5-11-24-18/h3-12,16H,13H2,1-2H3,(H,20,22). The molecule has 124 valence electrons. The Labute approximate surface area is 145 Å². The molecule has 0 fully saturated rings. The molecule has 24 heavy (non-hydrogen) atoms. The van der Waals surface area contributed by atoms with Gasteiger partial charge in [0, 0.05) is 36.8 Å². The second-order valence-corrected chi connectivity index (χ2v) is 6.72. The molecular weight excluding hydrogens is 320 g/mol. The molecule has 3 aromatic rings. The van der Waals surface area contributed by atoms with E-state index in [9.17, 15) is 4.79 Å². The highest BCUT2D eigenvalue weighted by Crippen LogP contribution is 2.28. The number of hydrogen-bond donors (Lipinski definition) is 1. The number of rotatable bonds is 6. The van der Waals surface area contributed by atoms with Crippen molar-refractivity contribution in [2.75, 3.05) is 25.5 Å². The Kier molecular flexibility index (Phi) is 5.01. The van der Waals surface area contributed by atoms with Crippen molar-refractivity contribution in [1.29, 1.82) is 0 Å². The maximum absolute atomic E-state index is 12.5. The molecule has 1 N–H and O–H groups in total. The lowest BCUT2D eigenvalue weighted by atomic mass is 10.0. The lowest BCUT2D eigenvalue weighted by Gasteiger charge is -2.16. The molecule has 0 spiro atoms. The minimum absolute atomic E-state index is 0.0287. The fourth-order valence-electron chi connectivity index (χ4n) is 2.54. The number of benzene rings is 1. The summed E-state index contributed by atoms with van der Waals surface area (Å²) in [6.45, 7) is 0.499. The summed E-state index contributed by atoms with van der Waals surface area (Å²) in [5.41, 5.74) is 1.66. The number of carbonyl (C=O) groups is 1. The van der Waals surface area contributed by atoms with Crippen LogP contribution in [0.2, 0.25) is 0 Å². The van der Waals surface area contributed by atoms with Gasteiger partial charge in [0.05, 0.1) is 12.2 Å². The Morgan fingerprint density at radius 3 is 2.75 bits per heavy atom. The van der Waals surface area contributed by atoms with Crippen LogP contribution in [0, 0.1) is 0 Å². The zero-order valence-electron chi connectivity index (χ0n) is 13.7. The molecule has 4 nitrogen and oxygen atoms in total. The second kappa shape index (κ2) is 7.36. The fraction of sp³-hybridized carbons (Fsp3) is 0.211. The van der Waals surface area contributed by atoms with Gasteiger partial charge in [-0.3, -0.25) is 4.79 Å². The lowest BCUT2D eigenvalue weighted by molar-refractivity contribution is 0.0952. The third kappa shape index (κ3) is 3.68. The molecular formula is C19H20N2O2S. The zero-order chi connectivity index (χ0) is 16.9. The quantitative estimate of drug-likeness (QED) is 0.738. The van der Waals surface area contributed by atoms with Gasteiger partial charge in [-0.1, -0.05) is 12.1 Å². The summed E-state index contributed by atoms with van der Waals surface area (Å²) in [6, 6.07) is 15.5. The van der Waals surface area contributed by atoms with Crippen LogP contribution in [0.15, 0.2) is 64.6 Å². The summed E-state index contributed by atoms with van der Waals surface area (Å²) < 4.78 is 5.56. The number of thiophene rings is 1. The normalized spacial score (nSPS) is 11.9. The largest absolute Gasteiger partial charge is 0.469 e. The van der Waals surface area contributed by atoms with E-state index >= 15 is 0 Å². The van der Waals surface area contributed by atoms with E-state index in [0.717, 1.165) is 11.4 Å². The molecule has 2 heterocycles. The van der Waals surface area contributed by atoms with Crippen molar-refractivity contribution in [2.45, 2.75) is 5.92 Å². The topological polar surface area (TPSA) is 45.5 Å². The minimum atomic E-state index is -0.0770. The molecule has 0 radical (unpaired) electrons. The van der Waals surface area contributed by atoms with Crippen LogP contribution in [0.3, 0.4) is 0 Å². The highest BCUT2D eigenvalue weighted by atomic mass is 32.1. The molecule has 1 unspecified atom stereocenters. The van der Waals surface area contributed by atoms with Crippen molar-refractivity contribution >= 4 is 22.9 Å². The predicted octanol–water partition coefficient (Wildman–Crippen LogP) is 3.97. The Bertz CT molecular complexity index is 745. The Balaban J connectivity index is 1.73. The summed E-state index contributed by atoms with van der Waals surface area (Å²) in [6.07, 6.45) is 1.66. The van der Waals surface area contributed by atoms with Gasteiger partial charge in [-0.05, 0) is 41.8 Å². The number of hydrogen-bond acceptors (Lipinski definition) is 4. The Hall–Kier alpha value is -2.53. The highest BCUT2D eigenvalue weighted by Gasteiger charge is 2.19. The van der Waals surface area contributed by atoms with Crippen molar-refractivity contribution in [2.24, 2.45) is 0 Å². The van der Waals surface area contributed by atoms with Gasteiger partial charge in [0.1, 0.15) is 5.76 Å². The van der Waals surface area contributed by atoms with Crippen LogP contribution in [-0.4, -0.2) is 26.5 Å². The van der Waals surface area contributed by atoms with Crippen molar-refractivity contribution in [3.05, 3.63) is 76.4 Å². The maximum Gasteiger partial charge on any atom is 0.251 e. The number of carbonyl (C=O) groups excluding carboxylic acids is 1. The van der Waals surface area contributed by atoms with E-state index < -0.39 is 0 Å². The number of furan rings is 1. The minimum Gasteiger partial charge on any atom is -0.469 e. The van der Waals surface area contributed by atoms with Gasteiger partial charge in [0.15, 0.2) is 0 Å². The molecule has 0 aliphatic rings. The van der Waals surface area contributed by atoms with Crippen LogP contribution in [-0.2, 0) is 0 Å². The molecule has 1 aromatic carbocycles. The van der Waals surface area contributed by atoms with Crippen LogP contribution in [0.25, 0.3) is 0 Å². The first-order chi connectivity index (χ1) is 11.6. The van der Waals surface area contributed by atoms with E-state index in [0.29, 0.717) is 12.1 Å². The van der Waals surface area contributed by atoms with E-state index in [1.54, 1.807) is 17.6 Å². The van der Waals surface area contributed by atoms with Crippen LogP contribution in [0.1, 0.15) is 26.9 Å². The van der Waals surface area contributed by atoms with Crippen molar-refractivity contribution in [3.63, 3.8) is 0 Å². The molecule has 5 heteroatoms. The Morgan fingerprint density at radius 2 is 2.08 bits per heavy atom. The van der Waals surface area contributed by atoms with Gasteiger partial charge >= 0.3 is 0 Å². The van der Waals surface area contributed by atoms with Crippen molar-refractivity contribution < 1.29 is 9.21 Å². The van der Waals surface area contributed by atoms with E-state index in [1.807, 2.05) is 66.8 Å². The third-order valence-electron chi connectivity index (χ3n) is 3.86. The molecule has 1 atom stereocenters. The molecule has 0 saturated carbocycles. The first-order valence-electron chi connectivity index (χ1n) is 7.77. The van der Waals surface area contributed by atoms with E-state index in [-0.39, 0.29) is 11.8 Å². The Morgan fingerprint density at radius 1 is 1.21 bits per heavy atom. The van der Waals surface area contributed by atoms with E-state index in [2.05, 4.69) is 11.4 Å². The predicted molar refractivity (Wildman–Crippen MR) is 98.0 cm³/mol. The molecule has 1 amide bonds. The summed E-state index contributed by atoms with van der Waals surface area (Å²) in [5.74, 6) is 0.813. The lowest BCUT2D eigenvalue weighted by Crippen LogP contribution is -2.28. The van der Waals surface area contributed by atoms with Gasteiger partial charge in [0.25, 0.3) is 5.91 Å². The summed E-state index contributed by atoms with van der Waals surface area (Å²) in [5, 5.41) is 5.07. The van der Waals surface area contributed by atoms with Crippen LogP contribution in [0.5, 0.6) is 0 Å². The van der Waals surface area contributed by atoms with Gasteiger partial charge in [-0.2, -0.15) is 0 Å². The van der Waals surface area contributed by atoms with E-state index in [1.165, 1.54) is 4.88 Å². The number of anilines is 1. The number of nitrogens with one attached hydrogen (secondary N) is 1. The molecule has 0 bridgehead atoms. The number of nitrogens with zero attached hydrogens (tertiary/aromatic N) is 1. The smallest absolute Gasteiger partial charge is 0.251 e. The molecule has 0 aliphatic heterocycles. The molecule has 0 saturated heterocycles. The molecule has 2 aromatic heterocycles. The van der Waals surface area contributed by atoms with Gasteiger partial charge in [0.2, 0.25) is 0 Å². The SMILES string of the molecule is CN(C)c1cccc(C(=O)NCC(c2ccco2)c2cccs2)c1. The average Bonchev–Trinajstić information content (AvgIpc) is 3.29. The van der Waals surface area contributed by atoms with Crippen LogP contribution in [0.4, 0.5) is 5.69 Å². The highest BCUT2D eigenvalue weighted by molar-refractivity contribution is 7.10. The number of amides is 1. The second-order valence-electron chi connectivity index (χ2n) is 5.74. The van der Waals surface area contributed by atoms with Crippen LogP contribution < -0.4 is 10.2 Å².